The zero-order valence-electron chi connectivity index (χ0n) is 15.7. The van der Waals surface area contributed by atoms with Crippen molar-refractivity contribution in [3.63, 3.8) is 0 Å². The Balaban J connectivity index is 1.79. The van der Waals surface area contributed by atoms with Crippen LogP contribution < -0.4 is 0 Å². The van der Waals surface area contributed by atoms with E-state index >= 15 is 0 Å². The van der Waals surface area contributed by atoms with Crippen LogP contribution in [-0.2, 0) is 11.2 Å². The number of aliphatic hydroxyl groups excluding tert-OH is 1. The van der Waals surface area contributed by atoms with Crippen LogP contribution in [0.3, 0.4) is 0 Å². The summed E-state index contributed by atoms with van der Waals surface area (Å²) in [7, 11) is 0. The van der Waals surface area contributed by atoms with Crippen LogP contribution in [0.4, 0.5) is 0 Å². The molecule has 0 radical (unpaired) electrons. The molecule has 5 nitrogen and oxygen atoms in total. The zero-order valence-corrected chi connectivity index (χ0v) is 17.2. The Kier molecular flexibility index (Phi) is 6.96. The average molecular weight is 423 g/mol. The number of β-amino-alcohol motifs (C(OH)–C–C–N with tert-alkyl or cyclic N) is 1. The molecule has 2 atom stereocenters. The fourth-order valence-corrected chi connectivity index (χ4v) is 3.82. The lowest BCUT2D eigenvalue weighted by Crippen LogP contribution is -2.40. The van der Waals surface area contributed by atoms with Gasteiger partial charge in [-0.15, -0.1) is 0 Å². The predicted octanol–water partition coefficient (Wildman–Crippen LogP) is 3.87. The minimum Gasteiger partial charge on any atom is -0.392 e. The number of carbonyl (C=O) groups is 1. The van der Waals surface area contributed by atoms with E-state index in [1.165, 1.54) is 0 Å². The van der Waals surface area contributed by atoms with Gasteiger partial charge in [0.25, 0.3) is 5.91 Å². The first-order valence-corrected chi connectivity index (χ1v) is 10.0. The Morgan fingerprint density at radius 3 is 2.68 bits per heavy atom. The van der Waals surface area contributed by atoms with Gasteiger partial charge in [-0.2, -0.15) is 0 Å². The van der Waals surface area contributed by atoms with Gasteiger partial charge >= 0.3 is 0 Å². The molecule has 0 saturated carbocycles. The second-order valence-corrected chi connectivity index (χ2v) is 8.11. The highest BCUT2D eigenvalue weighted by Crippen LogP contribution is 2.26. The molecule has 150 valence electrons. The molecule has 1 amide bonds. The summed E-state index contributed by atoms with van der Waals surface area (Å²) in [4.78, 5) is 14.8. The van der Waals surface area contributed by atoms with E-state index in [1.54, 1.807) is 18.2 Å². The second kappa shape index (κ2) is 9.25. The largest absolute Gasteiger partial charge is 0.392 e. The van der Waals surface area contributed by atoms with E-state index in [9.17, 15) is 15.1 Å². The van der Waals surface area contributed by atoms with Crippen molar-refractivity contribution in [3.05, 3.63) is 69.2 Å². The molecular weight excluding hydrogens is 399 g/mol. The molecule has 3 rings (SSSR count). The second-order valence-electron chi connectivity index (χ2n) is 7.30. The molecule has 1 aliphatic rings. The van der Waals surface area contributed by atoms with E-state index in [2.05, 4.69) is 4.90 Å². The molecule has 1 saturated heterocycles. The average Bonchev–Trinajstić information content (AvgIpc) is 3.07. The van der Waals surface area contributed by atoms with Gasteiger partial charge in [0.15, 0.2) is 0 Å². The maximum atomic E-state index is 12.8. The SMILES string of the molecule is Cc1cccc([C@@H](CN2CC[C@H](O)C2)N(O)C(=O)Cc2ccc(Cl)c(Cl)c2)c1. The Hall–Kier alpha value is -1.63. The molecule has 28 heavy (non-hydrogen) atoms. The van der Waals surface area contributed by atoms with Gasteiger partial charge in [0, 0.05) is 19.6 Å². The summed E-state index contributed by atoms with van der Waals surface area (Å²) in [5.41, 5.74) is 2.58. The number of likely N-dealkylation sites (tertiary alicyclic amines) is 1. The number of benzene rings is 2. The van der Waals surface area contributed by atoms with Crippen molar-refractivity contribution in [1.29, 1.82) is 0 Å². The van der Waals surface area contributed by atoms with E-state index in [-0.39, 0.29) is 12.5 Å². The summed E-state index contributed by atoms with van der Waals surface area (Å²) < 4.78 is 0. The number of carbonyl (C=O) groups excluding carboxylic acids is 1. The Bertz CT molecular complexity index is 846. The Labute approximate surface area is 175 Å². The molecule has 0 spiro atoms. The predicted molar refractivity (Wildman–Crippen MR) is 110 cm³/mol. The summed E-state index contributed by atoms with van der Waals surface area (Å²) in [6.07, 6.45) is 0.346. The normalized spacial score (nSPS) is 18.2. The number of hydrogen-bond donors (Lipinski definition) is 2. The monoisotopic (exact) mass is 422 g/mol. The highest BCUT2D eigenvalue weighted by molar-refractivity contribution is 6.42. The topological polar surface area (TPSA) is 64.0 Å². The van der Waals surface area contributed by atoms with Crippen LogP contribution >= 0.6 is 23.2 Å². The summed E-state index contributed by atoms with van der Waals surface area (Å²) in [6, 6.07) is 12.2. The summed E-state index contributed by atoms with van der Waals surface area (Å²) in [6.45, 7) is 3.69. The van der Waals surface area contributed by atoms with Crippen molar-refractivity contribution < 1.29 is 15.1 Å². The number of nitrogens with zero attached hydrogens (tertiary/aromatic N) is 2. The Morgan fingerprint density at radius 1 is 1.25 bits per heavy atom. The zero-order chi connectivity index (χ0) is 20.3. The van der Waals surface area contributed by atoms with Gasteiger partial charge in [-0.3, -0.25) is 14.9 Å². The quantitative estimate of drug-likeness (QED) is 0.547. The van der Waals surface area contributed by atoms with Crippen LogP contribution in [0.15, 0.2) is 42.5 Å². The molecule has 0 aliphatic carbocycles. The van der Waals surface area contributed by atoms with E-state index in [0.29, 0.717) is 35.1 Å². The summed E-state index contributed by atoms with van der Waals surface area (Å²) >= 11 is 12.0. The molecule has 7 heteroatoms. The first-order valence-electron chi connectivity index (χ1n) is 9.25. The summed E-state index contributed by atoms with van der Waals surface area (Å²) in [5.74, 6) is -0.426. The lowest BCUT2D eigenvalue weighted by atomic mass is 10.0. The van der Waals surface area contributed by atoms with Gasteiger partial charge < -0.3 is 5.11 Å². The fraction of sp³-hybridized carbons (Fsp3) is 0.381. The standard InChI is InChI=1S/C21H24Cl2N2O3/c1-14-3-2-4-16(9-14)20(13-24-8-7-17(26)12-24)25(28)21(27)11-15-5-6-18(22)19(23)10-15/h2-6,9-10,17,20,26,28H,7-8,11-13H2,1H3/t17-,20+/m0/s1. The van der Waals surface area contributed by atoms with Gasteiger partial charge in [-0.25, -0.2) is 5.06 Å². The van der Waals surface area contributed by atoms with Crippen molar-refractivity contribution in [2.24, 2.45) is 0 Å². The van der Waals surface area contributed by atoms with Gasteiger partial charge in [0.1, 0.15) is 0 Å². The molecule has 2 N–H and O–H groups in total. The van der Waals surface area contributed by atoms with Gasteiger partial charge in [-0.05, 0) is 36.6 Å². The third-order valence-electron chi connectivity index (χ3n) is 5.00. The van der Waals surface area contributed by atoms with Crippen LogP contribution in [0.1, 0.15) is 29.2 Å². The molecular formula is C21H24Cl2N2O3. The molecule has 0 bridgehead atoms. The minimum absolute atomic E-state index is 0.0122. The number of halogens is 2. The maximum Gasteiger partial charge on any atom is 0.250 e. The van der Waals surface area contributed by atoms with E-state index in [4.69, 9.17) is 23.2 Å². The van der Waals surface area contributed by atoms with Gasteiger partial charge in [-0.1, -0.05) is 59.1 Å². The fourth-order valence-electron chi connectivity index (χ4n) is 3.50. The first-order chi connectivity index (χ1) is 13.3. The van der Waals surface area contributed by atoms with Crippen molar-refractivity contribution in [1.82, 2.24) is 9.96 Å². The summed E-state index contributed by atoms with van der Waals surface area (Å²) in [5, 5.41) is 22.2. The molecule has 2 aromatic carbocycles. The van der Waals surface area contributed by atoms with Gasteiger partial charge in [0.05, 0.1) is 28.6 Å². The van der Waals surface area contributed by atoms with E-state index < -0.39 is 11.9 Å². The van der Waals surface area contributed by atoms with Crippen LogP contribution in [0.25, 0.3) is 0 Å². The maximum absolute atomic E-state index is 12.8. The molecule has 1 heterocycles. The molecule has 1 fully saturated rings. The number of amides is 1. The van der Waals surface area contributed by atoms with Crippen molar-refractivity contribution in [2.75, 3.05) is 19.6 Å². The van der Waals surface area contributed by atoms with E-state index in [1.807, 2.05) is 31.2 Å². The van der Waals surface area contributed by atoms with Crippen LogP contribution in [0, 0.1) is 6.92 Å². The highest BCUT2D eigenvalue weighted by Gasteiger charge is 2.29. The molecule has 0 unspecified atom stereocenters. The van der Waals surface area contributed by atoms with Crippen molar-refractivity contribution in [3.8, 4) is 0 Å². The number of rotatable bonds is 6. The van der Waals surface area contributed by atoms with Gasteiger partial charge in [0.2, 0.25) is 0 Å². The third kappa shape index (κ3) is 5.25. The molecule has 0 aromatic heterocycles. The third-order valence-corrected chi connectivity index (χ3v) is 5.73. The first kappa shape index (κ1) is 21.1. The number of aryl methyl sites for hydroxylation is 1. The smallest absolute Gasteiger partial charge is 0.250 e. The lowest BCUT2D eigenvalue weighted by Gasteiger charge is -2.30. The minimum atomic E-state index is -0.527. The van der Waals surface area contributed by atoms with Crippen LogP contribution in [-0.4, -0.2) is 51.9 Å². The van der Waals surface area contributed by atoms with Crippen LogP contribution in [0.5, 0.6) is 0 Å². The highest BCUT2D eigenvalue weighted by atomic mass is 35.5. The lowest BCUT2D eigenvalue weighted by molar-refractivity contribution is -0.177. The van der Waals surface area contributed by atoms with Crippen molar-refractivity contribution in [2.45, 2.75) is 31.9 Å². The van der Waals surface area contributed by atoms with Crippen LogP contribution in [0.2, 0.25) is 10.0 Å². The molecule has 1 aliphatic heterocycles. The van der Waals surface area contributed by atoms with E-state index in [0.717, 1.165) is 22.7 Å². The molecule has 2 aromatic rings. The number of aliphatic hydroxyl groups is 1. The van der Waals surface area contributed by atoms with Crippen molar-refractivity contribution >= 4 is 29.1 Å². The number of hydrogen-bond acceptors (Lipinski definition) is 4. The number of hydroxylamine groups is 2. The Morgan fingerprint density at radius 2 is 2.04 bits per heavy atom.